The molecule has 1 aromatic heterocycles. The molecule has 27 heavy (non-hydrogen) atoms. The predicted molar refractivity (Wildman–Crippen MR) is 104 cm³/mol. The number of hydrogen-bond acceptors (Lipinski definition) is 4. The van der Waals surface area contributed by atoms with Crippen LogP contribution in [0.25, 0.3) is 10.9 Å². The molecule has 2 atom stereocenters. The van der Waals surface area contributed by atoms with Gasteiger partial charge in [0, 0.05) is 24.2 Å². The molecule has 0 saturated heterocycles. The zero-order valence-electron chi connectivity index (χ0n) is 15.2. The second-order valence-electron chi connectivity index (χ2n) is 6.61. The van der Waals surface area contributed by atoms with Gasteiger partial charge in [-0.2, -0.15) is 0 Å². The number of fused-ring (bicyclic) bond motifs is 1. The molecule has 6 nitrogen and oxygen atoms in total. The van der Waals surface area contributed by atoms with Crippen molar-refractivity contribution in [3.8, 4) is 5.75 Å². The summed E-state index contributed by atoms with van der Waals surface area (Å²) in [6, 6.07) is 15.3. The molecule has 1 heterocycles. The number of aromatic amines is 1. The van der Waals surface area contributed by atoms with Gasteiger partial charge in [0.25, 0.3) is 0 Å². The van der Waals surface area contributed by atoms with Gasteiger partial charge in [-0.05, 0) is 30.5 Å². The smallest absolute Gasteiger partial charge is 0.341 e. The van der Waals surface area contributed by atoms with Crippen LogP contribution in [0.4, 0.5) is 0 Å². The molecule has 2 aromatic carbocycles. The lowest BCUT2D eigenvalue weighted by Crippen LogP contribution is -2.32. The summed E-state index contributed by atoms with van der Waals surface area (Å²) >= 11 is 0. The Labute approximate surface area is 157 Å². The number of rotatable bonds is 9. The van der Waals surface area contributed by atoms with Crippen molar-refractivity contribution in [2.75, 3.05) is 13.2 Å². The average molecular weight is 370 g/mol. The number of aliphatic hydroxyl groups excluding tert-OH is 1. The summed E-state index contributed by atoms with van der Waals surface area (Å²) in [7, 11) is 0. The number of nitrogens with one attached hydrogen (secondary N) is 2. The fourth-order valence-electron chi connectivity index (χ4n) is 3.12. The molecule has 0 spiro atoms. The SMILES string of the molecule is C[C@H](Cc1c[nH]c2c(OCC(=O)O)cccc12)NC[14C@H](O)c1ccccc1. The minimum absolute atomic E-state index is 0.158. The molecule has 0 fully saturated rings. The van der Waals surface area contributed by atoms with E-state index in [2.05, 4.69) is 17.2 Å². The molecular formula is C21H24N2O4. The molecule has 142 valence electrons. The summed E-state index contributed by atoms with van der Waals surface area (Å²) in [4.78, 5) is 13.9. The van der Waals surface area contributed by atoms with Gasteiger partial charge in [0.1, 0.15) is 5.75 Å². The van der Waals surface area contributed by atoms with Crippen molar-refractivity contribution in [1.29, 1.82) is 0 Å². The number of aromatic nitrogens is 1. The summed E-state index contributed by atoms with van der Waals surface area (Å²) < 4.78 is 5.35. The largest absolute Gasteiger partial charge is 0.480 e. The molecule has 0 unspecified atom stereocenters. The van der Waals surface area contributed by atoms with Gasteiger partial charge in [-0.25, -0.2) is 4.79 Å². The number of ether oxygens (including phenoxy) is 1. The van der Waals surface area contributed by atoms with Crippen molar-refractivity contribution >= 4 is 16.9 Å². The maximum absolute atomic E-state index is 10.7. The second kappa shape index (κ2) is 8.70. The Kier molecular flexibility index (Phi) is 6.11. The molecule has 4 N–H and O–H groups in total. The topological polar surface area (TPSA) is 94.6 Å². The van der Waals surface area contributed by atoms with Crippen molar-refractivity contribution in [2.45, 2.75) is 25.5 Å². The first-order chi connectivity index (χ1) is 13.0. The normalized spacial score (nSPS) is 13.4. The van der Waals surface area contributed by atoms with Crippen LogP contribution in [0.2, 0.25) is 0 Å². The van der Waals surface area contributed by atoms with E-state index in [1.165, 1.54) is 0 Å². The number of hydrogen-bond donors (Lipinski definition) is 4. The van der Waals surface area contributed by atoms with Crippen LogP contribution in [0.1, 0.15) is 24.2 Å². The highest BCUT2D eigenvalue weighted by atomic mass is 16.5. The average Bonchev–Trinajstić information content (AvgIpc) is 3.08. The molecule has 0 aliphatic carbocycles. The monoisotopic (exact) mass is 370 g/mol. The Balaban J connectivity index is 1.62. The summed E-state index contributed by atoms with van der Waals surface area (Å²) in [5, 5.41) is 23.4. The maximum atomic E-state index is 10.7. The van der Waals surface area contributed by atoms with Crippen LogP contribution in [0.15, 0.2) is 54.7 Å². The molecule has 3 rings (SSSR count). The first-order valence-corrected chi connectivity index (χ1v) is 8.94. The third-order valence-electron chi connectivity index (χ3n) is 4.48. The van der Waals surface area contributed by atoms with Crippen LogP contribution < -0.4 is 10.1 Å². The number of benzene rings is 2. The van der Waals surface area contributed by atoms with Crippen LogP contribution in [0.5, 0.6) is 5.75 Å². The summed E-state index contributed by atoms with van der Waals surface area (Å²) in [5.41, 5.74) is 2.80. The first kappa shape index (κ1) is 18.9. The predicted octanol–water partition coefficient (Wildman–Crippen LogP) is 2.89. The van der Waals surface area contributed by atoms with Gasteiger partial charge in [0.05, 0.1) is 11.6 Å². The molecule has 0 amide bonds. The summed E-state index contributed by atoms with van der Waals surface area (Å²) in [6.07, 6.45) is 2.14. The number of H-pyrrole nitrogens is 1. The van der Waals surface area contributed by atoms with Gasteiger partial charge in [0.15, 0.2) is 6.61 Å². The van der Waals surface area contributed by atoms with Crippen molar-refractivity contribution in [2.24, 2.45) is 0 Å². The fraction of sp³-hybridized carbons (Fsp3) is 0.286. The van der Waals surface area contributed by atoms with Crippen molar-refractivity contribution in [3.63, 3.8) is 0 Å². The Hall–Kier alpha value is -2.83. The van der Waals surface area contributed by atoms with E-state index in [1.54, 1.807) is 6.07 Å². The zero-order valence-corrected chi connectivity index (χ0v) is 15.2. The van der Waals surface area contributed by atoms with Crippen molar-refractivity contribution in [1.82, 2.24) is 10.3 Å². The number of carboxylic acids is 1. The zero-order chi connectivity index (χ0) is 19.2. The molecule has 3 aromatic rings. The number of carboxylic acid groups (broad SMARTS) is 1. The van der Waals surface area contributed by atoms with Crippen molar-refractivity contribution < 1.29 is 19.7 Å². The highest BCUT2D eigenvalue weighted by Gasteiger charge is 2.13. The van der Waals surface area contributed by atoms with E-state index >= 15 is 0 Å². The molecule has 6 heteroatoms. The fourth-order valence-corrected chi connectivity index (χ4v) is 3.12. The summed E-state index contributed by atoms with van der Waals surface area (Å²) in [6.45, 7) is 2.17. The maximum Gasteiger partial charge on any atom is 0.341 e. The lowest BCUT2D eigenvalue weighted by Gasteiger charge is -2.17. The number of aliphatic hydroxyl groups is 1. The minimum atomic E-state index is -1.01. The third kappa shape index (κ3) is 4.87. The molecule has 0 bridgehead atoms. The molecule has 0 radical (unpaired) electrons. The van der Waals surface area contributed by atoms with E-state index in [9.17, 15) is 9.90 Å². The van der Waals surface area contributed by atoms with E-state index in [1.807, 2.05) is 48.7 Å². The standard InChI is InChI=1S/C21H24N2O4/c1-14(22-12-18(24)15-6-3-2-4-7-15)10-16-11-23-21-17(16)8-5-9-19(21)27-13-20(25)26/h2-9,11,14,18,22-24H,10,12-13H2,1H3,(H,25,26)/t14-,18+/m1/s1/i18+2. The highest BCUT2D eigenvalue weighted by molar-refractivity contribution is 5.88. The van der Waals surface area contributed by atoms with E-state index in [-0.39, 0.29) is 12.6 Å². The Morgan fingerprint density at radius 2 is 2.00 bits per heavy atom. The van der Waals surface area contributed by atoms with Gasteiger partial charge in [0.2, 0.25) is 0 Å². The molecule has 0 saturated carbocycles. The number of para-hydroxylation sites is 1. The van der Waals surface area contributed by atoms with Gasteiger partial charge < -0.3 is 25.3 Å². The quantitative estimate of drug-likeness (QED) is 0.465. The third-order valence-corrected chi connectivity index (χ3v) is 4.48. The van der Waals surface area contributed by atoms with Crippen LogP contribution >= 0.6 is 0 Å². The van der Waals surface area contributed by atoms with Gasteiger partial charge in [-0.15, -0.1) is 0 Å². The Bertz CT molecular complexity index is 892. The van der Waals surface area contributed by atoms with Gasteiger partial charge >= 0.3 is 5.97 Å². The van der Waals surface area contributed by atoms with Gasteiger partial charge in [-0.3, -0.25) is 0 Å². The van der Waals surface area contributed by atoms with E-state index in [4.69, 9.17) is 9.84 Å². The lowest BCUT2D eigenvalue weighted by atomic mass is 10.1. The lowest BCUT2D eigenvalue weighted by molar-refractivity contribution is -0.139. The Morgan fingerprint density at radius 3 is 2.74 bits per heavy atom. The summed E-state index contributed by atoms with van der Waals surface area (Å²) in [5.74, 6) is -0.477. The number of carbonyl (C=O) groups is 1. The molecular weight excluding hydrogens is 346 g/mol. The number of aliphatic carboxylic acids is 1. The Morgan fingerprint density at radius 1 is 1.22 bits per heavy atom. The van der Waals surface area contributed by atoms with Gasteiger partial charge in [-0.1, -0.05) is 42.5 Å². The highest BCUT2D eigenvalue weighted by Crippen LogP contribution is 2.28. The van der Waals surface area contributed by atoms with Crippen LogP contribution in [-0.4, -0.2) is 40.4 Å². The molecule has 0 aliphatic rings. The van der Waals surface area contributed by atoms with Crippen molar-refractivity contribution in [3.05, 3.63) is 65.9 Å². The first-order valence-electron chi connectivity index (χ1n) is 8.94. The van der Waals surface area contributed by atoms with E-state index in [0.717, 1.165) is 28.5 Å². The molecule has 0 aliphatic heterocycles. The van der Waals surface area contributed by atoms with E-state index < -0.39 is 12.1 Å². The van der Waals surface area contributed by atoms with Crippen LogP contribution in [0.3, 0.4) is 0 Å². The van der Waals surface area contributed by atoms with Crippen LogP contribution in [-0.2, 0) is 11.2 Å². The minimum Gasteiger partial charge on any atom is -0.480 e. The van der Waals surface area contributed by atoms with E-state index in [0.29, 0.717) is 12.3 Å². The second-order valence-corrected chi connectivity index (χ2v) is 6.61. The van der Waals surface area contributed by atoms with Crippen LogP contribution in [0, 0.1) is 0 Å².